The van der Waals surface area contributed by atoms with Crippen LogP contribution in [0, 0.1) is 0 Å². The van der Waals surface area contributed by atoms with Gasteiger partial charge in [-0.15, -0.1) is 5.10 Å². The smallest absolute Gasteiger partial charge is 0.236 e. The molecule has 2 rings (SSSR count). The van der Waals surface area contributed by atoms with Crippen LogP contribution >= 0.6 is 11.8 Å². The number of hydrogen-bond acceptors (Lipinski definition) is 6. The summed E-state index contributed by atoms with van der Waals surface area (Å²) in [6, 6.07) is 4.83. The van der Waals surface area contributed by atoms with E-state index in [1.54, 1.807) is 12.1 Å². The lowest BCUT2D eigenvalue weighted by molar-refractivity contribution is -0.116. The quantitative estimate of drug-likeness (QED) is 0.629. The van der Waals surface area contributed by atoms with Gasteiger partial charge < -0.3 is 15.2 Å². The van der Waals surface area contributed by atoms with E-state index in [2.05, 4.69) is 15.5 Å². The summed E-state index contributed by atoms with van der Waals surface area (Å²) in [6.07, 6.45) is 1.51. The molecule has 0 radical (unpaired) electrons. The lowest BCUT2D eigenvalue weighted by atomic mass is 10.2. The molecule has 2 N–H and O–H groups in total. The summed E-state index contributed by atoms with van der Waals surface area (Å²) in [4.78, 5) is 10.9. The van der Waals surface area contributed by atoms with Crippen LogP contribution in [-0.2, 0) is 4.79 Å². The molecule has 1 aromatic rings. The molecule has 1 heterocycles. The number of carbonyl (C=O) groups is 1. The minimum absolute atomic E-state index is 0.0691. The van der Waals surface area contributed by atoms with Crippen molar-refractivity contribution in [3.63, 3.8) is 0 Å². The second-order valence-electron chi connectivity index (χ2n) is 3.42. The molecule has 18 heavy (non-hydrogen) atoms. The van der Waals surface area contributed by atoms with Crippen molar-refractivity contribution in [2.45, 2.75) is 0 Å². The van der Waals surface area contributed by atoms with Crippen molar-refractivity contribution >= 4 is 29.1 Å². The van der Waals surface area contributed by atoms with Gasteiger partial charge in [-0.2, -0.15) is 5.10 Å². The zero-order valence-corrected chi connectivity index (χ0v) is 10.4. The van der Waals surface area contributed by atoms with Gasteiger partial charge in [0.05, 0.1) is 19.1 Å². The Morgan fingerprint density at radius 2 is 2.39 bits per heavy atom. The van der Waals surface area contributed by atoms with E-state index in [0.29, 0.717) is 16.7 Å². The predicted octanol–water partition coefficient (Wildman–Crippen LogP) is 0.954. The summed E-state index contributed by atoms with van der Waals surface area (Å²) in [7, 11) is 1.47. The maximum Gasteiger partial charge on any atom is 0.236 e. The van der Waals surface area contributed by atoms with E-state index in [-0.39, 0.29) is 11.7 Å². The van der Waals surface area contributed by atoms with E-state index < -0.39 is 0 Å². The zero-order chi connectivity index (χ0) is 13.0. The molecule has 0 bridgehead atoms. The molecular weight excluding hydrogens is 254 g/mol. The first-order valence-electron chi connectivity index (χ1n) is 5.09. The van der Waals surface area contributed by atoms with Gasteiger partial charge in [-0.3, -0.25) is 4.79 Å². The maximum absolute atomic E-state index is 10.9. The highest BCUT2D eigenvalue weighted by atomic mass is 32.2. The third-order valence-corrected chi connectivity index (χ3v) is 3.01. The number of amides is 1. The van der Waals surface area contributed by atoms with Gasteiger partial charge in [0.1, 0.15) is 0 Å². The zero-order valence-electron chi connectivity index (χ0n) is 9.58. The number of phenolic OH excluding ortho intramolecular Hbond substituents is 1. The number of nitrogens with one attached hydrogen (secondary N) is 1. The molecular formula is C11H11N3O3S. The fourth-order valence-electron chi connectivity index (χ4n) is 1.30. The van der Waals surface area contributed by atoms with Gasteiger partial charge in [0.2, 0.25) is 5.91 Å². The highest BCUT2D eigenvalue weighted by Crippen LogP contribution is 2.25. The van der Waals surface area contributed by atoms with Gasteiger partial charge in [-0.25, -0.2) is 0 Å². The summed E-state index contributed by atoms with van der Waals surface area (Å²) < 4.78 is 4.97. The second kappa shape index (κ2) is 5.54. The van der Waals surface area contributed by atoms with Crippen LogP contribution in [0.15, 0.2) is 28.4 Å². The van der Waals surface area contributed by atoms with Crippen LogP contribution in [0.1, 0.15) is 5.56 Å². The van der Waals surface area contributed by atoms with Gasteiger partial charge in [0, 0.05) is 0 Å². The summed E-state index contributed by atoms with van der Waals surface area (Å²) in [5, 5.41) is 20.2. The number of benzene rings is 1. The van der Waals surface area contributed by atoms with Crippen molar-refractivity contribution in [3.05, 3.63) is 23.8 Å². The number of methoxy groups -OCH3 is 1. The molecule has 0 atom stereocenters. The van der Waals surface area contributed by atoms with E-state index in [0.717, 1.165) is 5.56 Å². The Balaban J connectivity index is 2.07. The van der Waals surface area contributed by atoms with E-state index in [1.807, 2.05) is 0 Å². The van der Waals surface area contributed by atoms with Gasteiger partial charge in [0.25, 0.3) is 0 Å². The number of ether oxygens (including phenoxy) is 1. The van der Waals surface area contributed by atoms with Crippen LogP contribution in [0.25, 0.3) is 0 Å². The number of thioether (sulfide) groups is 1. The SMILES string of the molecule is COc1cc(/C=N/N=C2\NC(=O)CS2)ccc1O. The maximum atomic E-state index is 10.9. The highest BCUT2D eigenvalue weighted by Gasteiger charge is 2.15. The van der Waals surface area contributed by atoms with Crippen molar-refractivity contribution < 1.29 is 14.6 Å². The van der Waals surface area contributed by atoms with E-state index in [4.69, 9.17) is 4.74 Å². The molecule has 0 aliphatic carbocycles. The molecule has 0 unspecified atom stereocenters. The molecule has 0 spiro atoms. The van der Waals surface area contributed by atoms with Crippen molar-refractivity contribution in [1.29, 1.82) is 0 Å². The monoisotopic (exact) mass is 265 g/mol. The van der Waals surface area contributed by atoms with Crippen LogP contribution < -0.4 is 10.1 Å². The molecule has 1 saturated heterocycles. The van der Waals surface area contributed by atoms with Gasteiger partial charge in [0.15, 0.2) is 16.7 Å². The van der Waals surface area contributed by atoms with Gasteiger partial charge in [-0.1, -0.05) is 11.8 Å². The average molecular weight is 265 g/mol. The summed E-state index contributed by atoms with van der Waals surface area (Å²) >= 11 is 1.31. The Morgan fingerprint density at radius 3 is 3.06 bits per heavy atom. The summed E-state index contributed by atoms with van der Waals surface area (Å²) in [5.41, 5.74) is 0.739. The number of rotatable bonds is 3. The van der Waals surface area contributed by atoms with E-state index >= 15 is 0 Å². The molecule has 1 aliphatic heterocycles. The van der Waals surface area contributed by atoms with Gasteiger partial charge in [-0.05, 0) is 23.8 Å². The third kappa shape index (κ3) is 3.01. The average Bonchev–Trinajstić information content (AvgIpc) is 2.77. The minimum Gasteiger partial charge on any atom is -0.504 e. The first-order chi connectivity index (χ1) is 8.69. The van der Waals surface area contributed by atoms with Crippen LogP contribution in [0.5, 0.6) is 11.5 Å². The molecule has 1 aromatic carbocycles. The molecule has 0 saturated carbocycles. The Bertz CT molecular complexity index is 528. The lowest BCUT2D eigenvalue weighted by Gasteiger charge is -2.02. The largest absolute Gasteiger partial charge is 0.504 e. The number of phenols is 1. The highest BCUT2D eigenvalue weighted by molar-refractivity contribution is 8.15. The van der Waals surface area contributed by atoms with Crippen LogP contribution in [0.4, 0.5) is 0 Å². The molecule has 1 aliphatic rings. The molecule has 94 valence electrons. The number of aromatic hydroxyl groups is 1. The topological polar surface area (TPSA) is 83.3 Å². The molecule has 0 aromatic heterocycles. The fraction of sp³-hybridized carbons (Fsp3) is 0.182. The molecule has 1 fully saturated rings. The Kier molecular flexibility index (Phi) is 3.83. The number of nitrogens with zero attached hydrogens (tertiary/aromatic N) is 2. The van der Waals surface area contributed by atoms with Gasteiger partial charge >= 0.3 is 0 Å². The normalized spacial score (nSPS) is 17.4. The Morgan fingerprint density at radius 1 is 1.56 bits per heavy atom. The fourth-order valence-corrected chi connectivity index (χ4v) is 1.93. The lowest BCUT2D eigenvalue weighted by Crippen LogP contribution is -2.19. The predicted molar refractivity (Wildman–Crippen MR) is 70.3 cm³/mol. The number of hydrogen-bond donors (Lipinski definition) is 2. The minimum atomic E-state index is -0.0692. The van der Waals surface area contributed by atoms with Crippen molar-refractivity contribution in [2.24, 2.45) is 10.2 Å². The van der Waals surface area contributed by atoms with E-state index in [1.165, 1.54) is 31.2 Å². The molecule has 6 nitrogen and oxygen atoms in total. The molecule has 7 heteroatoms. The second-order valence-corrected chi connectivity index (χ2v) is 4.38. The first kappa shape index (κ1) is 12.4. The van der Waals surface area contributed by atoms with Crippen LogP contribution in [0.2, 0.25) is 0 Å². The molecule has 1 amide bonds. The third-order valence-electron chi connectivity index (χ3n) is 2.15. The van der Waals surface area contributed by atoms with Crippen molar-refractivity contribution in [2.75, 3.05) is 12.9 Å². The standard InChI is InChI=1S/C11H11N3O3S/c1-17-9-4-7(2-3-8(9)15)5-12-14-11-13-10(16)6-18-11/h2-5,15H,6H2,1H3,(H,13,14,16)/b12-5+. The number of amidine groups is 1. The van der Waals surface area contributed by atoms with Crippen molar-refractivity contribution in [3.8, 4) is 11.5 Å². The summed E-state index contributed by atoms with van der Waals surface area (Å²) in [5.74, 6) is 0.747. The summed E-state index contributed by atoms with van der Waals surface area (Å²) in [6.45, 7) is 0. The Labute approximate surface area is 108 Å². The van der Waals surface area contributed by atoms with Crippen LogP contribution in [-0.4, -0.2) is 35.3 Å². The first-order valence-corrected chi connectivity index (χ1v) is 6.08. The van der Waals surface area contributed by atoms with Crippen molar-refractivity contribution in [1.82, 2.24) is 5.32 Å². The van der Waals surface area contributed by atoms with E-state index in [9.17, 15) is 9.90 Å². The Hall–Kier alpha value is -2.02. The van der Waals surface area contributed by atoms with Crippen LogP contribution in [0.3, 0.4) is 0 Å². The number of carbonyl (C=O) groups excluding carboxylic acids is 1.